The van der Waals surface area contributed by atoms with Gasteiger partial charge >= 0.3 is 0 Å². The minimum atomic E-state index is -1.10. The fraction of sp³-hybridized carbons (Fsp3) is 0.250. The van der Waals surface area contributed by atoms with Crippen molar-refractivity contribution in [2.75, 3.05) is 34.0 Å². The second-order valence-corrected chi connectivity index (χ2v) is 9.56. The van der Waals surface area contributed by atoms with Crippen LogP contribution < -0.4 is 24.3 Å². The first kappa shape index (κ1) is 28.5. The third-order valence-corrected chi connectivity index (χ3v) is 6.86. The molecule has 0 saturated heterocycles. The first-order chi connectivity index (χ1) is 20.5. The molecule has 0 radical (unpaired) electrons. The van der Waals surface area contributed by atoms with E-state index < -0.39 is 23.7 Å². The first-order valence-corrected chi connectivity index (χ1v) is 13.4. The zero-order chi connectivity index (χ0) is 29.5. The molecule has 218 valence electrons. The van der Waals surface area contributed by atoms with Gasteiger partial charge in [-0.2, -0.15) is 0 Å². The molecule has 1 aromatic heterocycles. The highest BCUT2D eigenvalue weighted by atomic mass is 19.1. The van der Waals surface area contributed by atoms with Crippen LogP contribution in [0.25, 0.3) is 0 Å². The topological polar surface area (TPSA) is 99.5 Å². The smallest absolute Gasteiger partial charge is 0.255 e. The highest BCUT2D eigenvalue weighted by molar-refractivity contribution is 5.98. The Labute approximate surface area is 242 Å². The molecule has 2 heterocycles. The van der Waals surface area contributed by atoms with E-state index in [1.165, 1.54) is 35.4 Å². The Morgan fingerprint density at radius 3 is 2.40 bits per heavy atom. The maximum absolute atomic E-state index is 14.1. The molecule has 0 bridgehead atoms. The Morgan fingerprint density at radius 2 is 1.69 bits per heavy atom. The number of furan rings is 1. The van der Waals surface area contributed by atoms with Crippen molar-refractivity contribution in [3.8, 4) is 23.0 Å². The van der Waals surface area contributed by atoms with Gasteiger partial charge in [-0.3, -0.25) is 9.59 Å². The summed E-state index contributed by atoms with van der Waals surface area (Å²) in [7, 11) is 3.12. The van der Waals surface area contributed by atoms with Gasteiger partial charge < -0.3 is 33.6 Å². The number of ether oxygens (including phenoxy) is 4. The number of hydrogen-bond donors (Lipinski definition) is 1. The molecule has 0 unspecified atom stereocenters. The van der Waals surface area contributed by atoms with Crippen molar-refractivity contribution in [3.63, 3.8) is 0 Å². The van der Waals surface area contributed by atoms with Crippen LogP contribution in [0.1, 0.15) is 33.3 Å². The van der Waals surface area contributed by atoms with E-state index in [-0.39, 0.29) is 13.1 Å². The third-order valence-electron chi connectivity index (χ3n) is 6.86. The quantitative estimate of drug-likeness (QED) is 0.271. The second kappa shape index (κ2) is 13.1. The van der Waals surface area contributed by atoms with Crippen LogP contribution in [0.4, 0.5) is 4.39 Å². The van der Waals surface area contributed by atoms with Gasteiger partial charge in [0.1, 0.15) is 30.8 Å². The fourth-order valence-corrected chi connectivity index (χ4v) is 4.77. The van der Waals surface area contributed by atoms with Gasteiger partial charge in [0.05, 0.1) is 27.0 Å². The Morgan fingerprint density at radius 1 is 0.929 bits per heavy atom. The summed E-state index contributed by atoms with van der Waals surface area (Å²) >= 11 is 0. The summed E-state index contributed by atoms with van der Waals surface area (Å²) in [4.78, 5) is 29.3. The molecule has 42 heavy (non-hydrogen) atoms. The lowest BCUT2D eigenvalue weighted by atomic mass is 10.0. The molecule has 0 aliphatic carbocycles. The van der Waals surface area contributed by atoms with Crippen molar-refractivity contribution in [3.05, 3.63) is 107 Å². The van der Waals surface area contributed by atoms with E-state index in [4.69, 9.17) is 23.4 Å². The summed E-state index contributed by atoms with van der Waals surface area (Å²) < 4.78 is 41.4. The van der Waals surface area contributed by atoms with Crippen LogP contribution in [-0.4, -0.2) is 50.7 Å². The number of halogens is 1. The normalized spacial score (nSPS) is 12.7. The monoisotopic (exact) mass is 574 g/mol. The first-order valence-electron chi connectivity index (χ1n) is 13.4. The average Bonchev–Trinajstić information content (AvgIpc) is 3.54. The number of carbonyl (C=O) groups excluding carboxylic acids is 2. The van der Waals surface area contributed by atoms with Gasteiger partial charge in [0.2, 0.25) is 5.91 Å². The molecule has 10 heteroatoms. The van der Waals surface area contributed by atoms with Crippen LogP contribution in [0, 0.1) is 5.82 Å². The number of fused-ring (bicyclic) bond motifs is 1. The van der Waals surface area contributed by atoms with Gasteiger partial charge in [0, 0.05) is 12.1 Å². The molecule has 4 aromatic rings. The van der Waals surface area contributed by atoms with Gasteiger partial charge in [-0.05, 0) is 72.1 Å². The zero-order valence-electron chi connectivity index (χ0n) is 23.3. The molecule has 1 aliphatic heterocycles. The van der Waals surface area contributed by atoms with Crippen LogP contribution in [0.3, 0.4) is 0 Å². The summed E-state index contributed by atoms with van der Waals surface area (Å²) in [6, 6.07) is 18.3. The number of methoxy groups -OCH3 is 2. The summed E-state index contributed by atoms with van der Waals surface area (Å²) in [5.74, 6) is 1.33. The number of nitrogens with one attached hydrogen (secondary N) is 1. The van der Waals surface area contributed by atoms with Crippen LogP contribution in [-0.2, 0) is 17.8 Å². The highest BCUT2D eigenvalue weighted by Crippen LogP contribution is 2.33. The maximum Gasteiger partial charge on any atom is 0.255 e. The molecule has 0 fully saturated rings. The number of benzene rings is 3. The predicted octanol–water partition coefficient (Wildman–Crippen LogP) is 4.95. The molecule has 9 nitrogen and oxygen atoms in total. The van der Waals surface area contributed by atoms with E-state index in [0.29, 0.717) is 59.5 Å². The Kier molecular flexibility index (Phi) is 8.91. The molecule has 0 spiro atoms. The Balaban J connectivity index is 1.44. The van der Waals surface area contributed by atoms with Gasteiger partial charge in [0.25, 0.3) is 5.91 Å². The molecule has 5 rings (SSSR count). The van der Waals surface area contributed by atoms with E-state index in [1.807, 2.05) is 12.1 Å². The van der Waals surface area contributed by atoms with Crippen molar-refractivity contribution in [1.82, 2.24) is 10.2 Å². The molecule has 3 aromatic carbocycles. The molecule has 1 atom stereocenters. The predicted molar refractivity (Wildman–Crippen MR) is 151 cm³/mol. The fourth-order valence-electron chi connectivity index (χ4n) is 4.77. The van der Waals surface area contributed by atoms with E-state index >= 15 is 0 Å². The van der Waals surface area contributed by atoms with Crippen molar-refractivity contribution in [2.24, 2.45) is 0 Å². The van der Waals surface area contributed by atoms with Crippen LogP contribution in [0.15, 0.2) is 83.5 Å². The SMILES string of the molecule is COc1ccc(CCNC(=O)[C@H](c2ccc(F)cc2)N(Cc2ccco2)C(=O)c2ccc3c(c2)OCCO3)cc1OC. The van der Waals surface area contributed by atoms with E-state index in [9.17, 15) is 14.0 Å². The van der Waals surface area contributed by atoms with Gasteiger partial charge in [-0.1, -0.05) is 18.2 Å². The Bertz CT molecular complexity index is 1520. The minimum absolute atomic E-state index is 0.00851. The van der Waals surface area contributed by atoms with Crippen LogP contribution >= 0.6 is 0 Å². The van der Waals surface area contributed by atoms with Crippen molar-refractivity contribution in [1.29, 1.82) is 0 Å². The molecule has 2 amide bonds. The third kappa shape index (κ3) is 6.49. The van der Waals surface area contributed by atoms with Crippen LogP contribution in [0.2, 0.25) is 0 Å². The highest BCUT2D eigenvalue weighted by Gasteiger charge is 2.33. The van der Waals surface area contributed by atoms with Gasteiger partial charge in [-0.15, -0.1) is 0 Å². The van der Waals surface area contributed by atoms with Crippen molar-refractivity contribution >= 4 is 11.8 Å². The summed E-state index contributed by atoms with van der Waals surface area (Å²) in [5.41, 5.74) is 1.67. The average molecular weight is 575 g/mol. The van der Waals surface area contributed by atoms with E-state index in [2.05, 4.69) is 5.32 Å². The molecular weight excluding hydrogens is 543 g/mol. The second-order valence-electron chi connectivity index (χ2n) is 9.56. The largest absolute Gasteiger partial charge is 0.493 e. The maximum atomic E-state index is 14.1. The number of amides is 2. The molecule has 1 N–H and O–H groups in total. The molecular formula is C32H31FN2O7. The standard InChI is InChI=1S/C32H31FN2O7/c1-38-26-11-5-21(18-28(26)39-2)13-14-34-31(36)30(22-6-9-24(33)10-7-22)35(20-25-4-3-15-40-25)32(37)23-8-12-27-29(19-23)42-17-16-41-27/h3-12,15,18-19,30H,13-14,16-17,20H2,1-2H3,(H,34,36)/t30-/m0/s1. The number of nitrogens with zero attached hydrogens (tertiary/aromatic N) is 1. The summed E-state index contributed by atoms with van der Waals surface area (Å²) in [6.07, 6.45) is 1.99. The summed E-state index contributed by atoms with van der Waals surface area (Å²) in [5, 5.41) is 2.95. The lowest BCUT2D eigenvalue weighted by molar-refractivity contribution is -0.126. The number of carbonyl (C=O) groups is 2. The number of rotatable bonds is 11. The molecule has 1 aliphatic rings. The summed E-state index contributed by atoms with van der Waals surface area (Å²) in [6.45, 7) is 1.05. The minimum Gasteiger partial charge on any atom is -0.493 e. The van der Waals surface area contributed by atoms with Crippen LogP contribution in [0.5, 0.6) is 23.0 Å². The lowest BCUT2D eigenvalue weighted by Crippen LogP contribution is -2.44. The number of hydrogen-bond acceptors (Lipinski definition) is 7. The van der Waals surface area contributed by atoms with Gasteiger partial charge in [-0.25, -0.2) is 4.39 Å². The lowest BCUT2D eigenvalue weighted by Gasteiger charge is -2.31. The van der Waals surface area contributed by atoms with Crippen molar-refractivity contribution in [2.45, 2.75) is 19.0 Å². The van der Waals surface area contributed by atoms with E-state index in [1.54, 1.807) is 50.6 Å². The van der Waals surface area contributed by atoms with Crippen molar-refractivity contribution < 1.29 is 37.3 Å². The zero-order valence-corrected chi connectivity index (χ0v) is 23.3. The van der Waals surface area contributed by atoms with E-state index in [0.717, 1.165) is 5.56 Å². The Hall–Kier alpha value is -4.99. The van der Waals surface area contributed by atoms with Gasteiger partial charge in [0.15, 0.2) is 23.0 Å². The molecule has 0 saturated carbocycles.